The molecule has 0 aliphatic carbocycles. The Labute approximate surface area is 270 Å². The minimum atomic E-state index is -1.24. The van der Waals surface area contributed by atoms with Crippen molar-refractivity contribution in [3.8, 4) is 0 Å². The average Bonchev–Trinajstić information content (AvgIpc) is 2.94. The smallest absolute Gasteiger partial charge is 0.410 e. The molecular formula is C34H48F2N4O6. The molecule has 0 saturated carbocycles. The van der Waals surface area contributed by atoms with Gasteiger partial charge >= 0.3 is 6.09 Å². The van der Waals surface area contributed by atoms with E-state index in [0.717, 1.165) is 35.9 Å². The first-order valence-corrected chi connectivity index (χ1v) is 15.6. The van der Waals surface area contributed by atoms with E-state index >= 15 is 0 Å². The van der Waals surface area contributed by atoms with Gasteiger partial charge in [0.15, 0.2) is 0 Å². The number of amides is 4. The van der Waals surface area contributed by atoms with Crippen LogP contribution in [0.1, 0.15) is 85.7 Å². The molecule has 0 aromatic heterocycles. The second-order valence-electron chi connectivity index (χ2n) is 12.5. The molecule has 0 radical (unpaired) electrons. The van der Waals surface area contributed by atoms with E-state index in [4.69, 9.17) is 4.74 Å². The molecule has 2 rings (SSSR count). The molecule has 0 heterocycles. The summed E-state index contributed by atoms with van der Waals surface area (Å²) in [5.74, 6) is -2.88. The monoisotopic (exact) mass is 646 g/mol. The number of likely N-dealkylation sites (N-methyl/N-ethyl adjacent to an activating group) is 1. The number of ether oxygens (including phenoxy) is 1. The van der Waals surface area contributed by atoms with Gasteiger partial charge in [-0.2, -0.15) is 0 Å². The molecule has 0 unspecified atom stereocenters. The fourth-order valence-electron chi connectivity index (χ4n) is 4.83. The minimum Gasteiger partial charge on any atom is -0.444 e. The number of benzene rings is 2. The first-order valence-electron chi connectivity index (χ1n) is 15.6. The summed E-state index contributed by atoms with van der Waals surface area (Å²) in [6, 6.07) is 6.76. The predicted molar refractivity (Wildman–Crippen MR) is 171 cm³/mol. The van der Waals surface area contributed by atoms with E-state index in [1.54, 1.807) is 44.7 Å². The van der Waals surface area contributed by atoms with E-state index in [1.807, 2.05) is 13.8 Å². The van der Waals surface area contributed by atoms with E-state index < -0.39 is 47.3 Å². The van der Waals surface area contributed by atoms with Crippen molar-refractivity contribution in [1.29, 1.82) is 0 Å². The lowest BCUT2D eigenvalue weighted by atomic mass is 9.97. The summed E-state index contributed by atoms with van der Waals surface area (Å²) < 4.78 is 33.2. The van der Waals surface area contributed by atoms with Crippen LogP contribution in [-0.2, 0) is 16.0 Å². The summed E-state index contributed by atoms with van der Waals surface area (Å²) in [6.07, 6.45) is -0.481. The van der Waals surface area contributed by atoms with Crippen LogP contribution in [0.25, 0.3) is 0 Å². The average molecular weight is 647 g/mol. The van der Waals surface area contributed by atoms with E-state index in [2.05, 4.69) is 10.6 Å². The first-order chi connectivity index (χ1) is 21.5. The molecule has 0 aliphatic heterocycles. The van der Waals surface area contributed by atoms with Crippen LogP contribution in [0, 0.1) is 18.6 Å². The van der Waals surface area contributed by atoms with Gasteiger partial charge in [0.25, 0.3) is 11.8 Å². The summed E-state index contributed by atoms with van der Waals surface area (Å²) in [7, 11) is 1.42. The third kappa shape index (κ3) is 12.7. The van der Waals surface area contributed by atoms with Crippen LogP contribution in [0.4, 0.5) is 13.6 Å². The highest BCUT2D eigenvalue weighted by atomic mass is 19.1. The zero-order chi connectivity index (χ0) is 34.6. The lowest BCUT2D eigenvalue weighted by Crippen LogP contribution is -2.46. The van der Waals surface area contributed by atoms with E-state index in [0.29, 0.717) is 24.2 Å². The van der Waals surface area contributed by atoms with Gasteiger partial charge in [0.05, 0.1) is 12.1 Å². The lowest BCUT2D eigenvalue weighted by molar-refractivity contribution is -0.122. The molecule has 12 heteroatoms. The lowest BCUT2D eigenvalue weighted by Gasteiger charge is -2.26. The van der Waals surface area contributed by atoms with Gasteiger partial charge in [-0.1, -0.05) is 13.8 Å². The van der Waals surface area contributed by atoms with Crippen molar-refractivity contribution >= 4 is 23.8 Å². The van der Waals surface area contributed by atoms with Crippen molar-refractivity contribution in [1.82, 2.24) is 20.4 Å². The second kappa shape index (κ2) is 17.6. The van der Waals surface area contributed by atoms with Crippen molar-refractivity contribution in [3.63, 3.8) is 0 Å². The highest BCUT2D eigenvalue weighted by Crippen LogP contribution is 2.17. The van der Waals surface area contributed by atoms with Crippen LogP contribution in [0.15, 0.2) is 36.4 Å². The third-order valence-corrected chi connectivity index (χ3v) is 6.87. The molecule has 0 bridgehead atoms. The predicted octanol–water partition coefficient (Wildman–Crippen LogP) is 4.61. The Morgan fingerprint density at radius 1 is 0.935 bits per heavy atom. The topological polar surface area (TPSA) is 128 Å². The molecule has 2 aromatic carbocycles. The molecule has 0 fully saturated rings. The number of aryl methyl sites for hydroxylation is 1. The number of carbonyl (C=O) groups is 4. The number of halogens is 2. The first kappa shape index (κ1) is 38.1. The Balaban J connectivity index is 2.20. The van der Waals surface area contributed by atoms with Crippen molar-refractivity contribution < 1.29 is 37.8 Å². The number of aliphatic hydroxyl groups excluding tert-OH is 1. The molecule has 0 spiro atoms. The summed E-state index contributed by atoms with van der Waals surface area (Å²) in [5, 5.41) is 16.5. The zero-order valence-electron chi connectivity index (χ0n) is 27.9. The molecular weight excluding hydrogens is 598 g/mol. The van der Waals surface area contributed by atoms with E-state index in [-0.39, 0.29) is 43.0 Å². The maximum Gasteiger partial charge on any atom is 0.410 e. The number of carbonyl (C=O) groups excluding carboxylic acids is 4. The van der Waals surface area contributed by atoms with Crippen molar-refractivity contribution in [3.05, 3.63) is 70.3 Å². The normalized spacial score (nSPS) is 12.6. The van der Waals surface area contributed by atoms with Gasteiger partial charge in [-0.25, -0.2) is 13.6 Å². The number of nitrogens with one attached hydrogen (secondary N) is 2. The molecule has 2 atom stereocenters. The van der Waals surface area contributed by atoms with Crippen LogP contribution in [0.5, 0.6) is 0 Å². The van der Waals surface area contributed by atoms with Crippen LogP contribution in [-0.4, -0.2) is 89.7 Å². The Hall–Kier alpha value is -4.06. The molecule has 46 heavy (non-hydrogen) atoms. The number of hydrogen-bond acceptors (Lipinski definition) is 6. The quantitative estimate of drug-likeness (QED) is 0.259. The summed E-state index contributed by atoms with van der Waals surface area (Å²) in [5.41, 5.74) is 0.718. The Morgan fingerprint density at radius 2 is 1.52 bits per heavy atom. The Kier molecular flexibility index (Phi) is 14.6. The molecule has 0 saturated heterocycles. The Bertz CT molecular complexity index is 1340. The number of nitrogens with zero attached hydrogens (tertiary/aromatic N) is 2. The number of rotatable bonds is 15. The van der Waals surface area contributed by atoms with Gasteiger partial charge in [0.2, 0.25) is 5.91 Å². The van der Waals surface area contributed by atoms with Gasteiger partial charge in [-0.15, -0.1) is 0 Å². The Morgan fingerprint density at radius 3 is 2.09 bits per heavy atom. The van der Waals surface area contributed by atoms with Gasteiger partial charge in [-0.3, -0.25) is 14.4 Å². The summed E-state index contributed by atoms with van der Waals surface area (Å²) in [6.45, 7) is 11.7. The van der Waals surface area contributed by atoms with Gasteiger partial charge in [0.1, 0.15) is 23.8 Å². The number of aliphatic hydroxyl groups is 1. The summed E-state index contributed by atoms with van der Waals surface area (Å²) >= 11 is 0. The molecule has 3 N–H and O–H groups in total. The van der Waals surface area contributed by atoms with Crippen LogP contribution < -0.4 is 10.6 Å². The van der Waals surface area contributed by atoms with E-state index in [1.165, 1.54) is 13.1 Å². The molecule has 254 valence electrons. The van der Waals surface area contributed by atoms with Crippen molar-refractivity contribution in [2.75, 3.05) is 33.2 Å². The van der Waals surface area contributed by atoms with Crippen LogP contribution in [0.3, 0.4) is 0 Å². The SMILES string of the molecule is CCCN(CCC)C(=O)c1cc(C)cc(C(=O)N[C@H](Cc2cc(F)cc(F)c2)[C@@H](O)CCNC(=O)CN(C)C(=O)OC(C)(C)C)c1. The largest absolute Gasteiger partial charge is 0.444 e. The minimum absolute atomic E-state index is 0.0141. The highest BCUT2D eigenvalue weighted by molar-refractivity contribution is 6.00. The standard InChI is InChI=1S/C34H48F2N4O6/c1-8-12-40(13-9-2)32(44)25-15-22(3)14-24(19-25)31(43)38-28(18-23-16-26(35)20-27(36)17-23)29(41)10-11-37-30(42)21-39(7)33(45)46-34(4,5)6/h14-17,19-20,28-29,41H,8-13,18,21H2,1-7H3,(H,37,42)(H,38,43)/t28-,29+/m1/s1. The van der Waals surface area contributed by atoms with E-state index in [9.17, 15) is 33.1 Å². The molecule has 2 aromatic rings. The number of hydrogen-bond donors (Lipinski definition) is 3. The maximum atomic E-state index is 14.0. The fourth-order valence-corrected chi connectivity index (χ4v) is 4.83. The molecule has 10 nitrogen and oxygen atoms in total. The third-order valence-electron chi connectivity index (χ3n) is 6.87. The van der Waals surface area contributed by atoms with Gasteiger partial charge in [0, 0.05) is 43.9 Å². The van der Waals surface area contributed by atoms with Crippen molar-refractivity contribution in [2.24, 2.45) is 0 Å². The highest BCUT2D eigenvalue weighted by Gasteiger charge is 2.25. The summed E-state index contributed by atoms with van der Waals surface area (Å²) in [4.78, 5) is 54.2. The van der Waals surface area contributed by atoms with Crippen molar-refractivity contribution in [2.45, 2.75) is 85.0 Å². The second-order valence-corrected chi connectivity index (χ2v) is 12.5. The molecule has 0 aliphatic rings. The van der Waals surface area contributed by atoms with Crippen LogP contribution in [0.2, 0.25) is 0 Å². The van der Waals surface area contributed by atoms with Gasteiger partial charge < -0.3 is 30.3 Å². The zero-order valence-corrected chi connectivity index (χ0v) is 27.9. The van der Waals surface area contributed by atoms with Gasteiger partial charge in [-0.05, 0) is 94.8 Å². The maximum absolute atomic E-state index is 14.0. The molecule has 4 amide bonds. The van der Waals surface area contributed by atoms with Crippen LogP contribution >= 0.6 is 0 Å². The fraction of sp³-hybridized carbons (Fsp3) is 0.529.